The van der Waals surface area contributed by atoms with Gasteiger partial charge in [0.1, 0.15) is 10.8 Å². The Morgan fingerprint density at radius 1 is 1.33 bits per heavy atom. The van der Waals surface area contributed by atoms with Crippen LogP contribution in [0.25, 0.3) is 11.1 Å². The first kappa shape index (κ1) is 14.3. The summed E-state index contributed by atoms with van der Waals surface area (Å²) in [5.41, 5.74) is 8.03. The summed E-state index contributed by atoms with van der Waals surface area (Å²) >= 11 is 1.41. The Morgan fingerprint density at radius 3 is 2.95 bits per heavy atom. The smallest absolute Gasteiger partial charge is 0.147 e. The van der Waals surface area contributed by atoms with Crippen LogP contribution < -0.4 is 11.1 Å². The summed E-state index contributed by atoms with van der Waals surface area (Å²) < 4.78 is 10.0. The summed E-state index contributed by atoms with van der Waals surface area (Å²) in [6, 6.07) is 3.91. The van der Waals surface area contributed by atoms with Gasteiger partial charge in [-0.1, -0.05) is 0 Å². The Balaban J connectivity index is 1.63. The number of anilines is 2. The van der Waals surface area contributed by atoms with Crippen LogP contribution >= 0.6 is 11.5 Å². The Labute approximate surface area is 128 Å². The predicted octanol–water partition coefficient (Wildman–Crippen LogP) is 3.16. The summed E-state index contributed by atoms with van der Waals surface area (Å²) in [5.74, 6) is 0.572. The first-order chi connectivity index (χ1) is 10.3. The van der Waals surface area contributed by atoms with E-state index >= 15 is 0 Å². The molecule has 0 amide bonds. The highest BCUT2D eigenvalue weighted by Crippen LogP contribution is 2.36. The predicted molar refractivity (Wildman–Crippen MR) is 86.5 cm³/mol. The minimum absolute atomic E-state index is 0.390. The topological polar surface area (TPSA) is 73.1 Å². The van der Waals surface area contributed by atoms with Gasteiger partial charge in [0.25, 0.3) is 0 Å². The van der Waals surface area contributed by atoms with Crippen LogP contribution in [-0.2, 0) is 4.74 Å². The maximum absolute atomic E-state index is 6.00. The molecule has 0 saturated carbocycles. The fourth-order valence-electron chi connectivity index (χ4n) is 2.60. The van der Waals surface area contributed by atoms with E-state index in [0.717, 1.165) is 35.7 Å². The maximum atomic E-state index is 6.00. The molecule has 3 heterocycles. The second-order valence-corrected chi connectivity index (χ2v) is 5.99. The highest BCUT2D eigenvalue weighted by Gasteiger charge is 2.16. The minimum Gasteiger partial charge on any atom is -0.382 e. The largest absolute Gasteiger partial charge is 0.382 e. The van der Waals surface area contributed by atoms with Crippen LogP contribution in [0.15, 0.2) is 24.5 Å². The minimum atomic E-state index is 0.390. The number of nitrogen functional groups attached to an aromatic ring is 1. The summed E-state index contributed by atoms with van der Waals surface area (Å²) in [6.45, 7) is 1.78. The number of nitrogens with zero attached hydrogens (tertiary/aromatic N) is 2. The number of rotatable bonds is 5. The van der Waals surface area contributed by atoms with E-state index in [-0.39, 0.29) is 0 Å². The van der Waals surface area contributed by atoms with E-state index in [0.29, 0.717) is 11.9 Å². The average Bonchev–Trinajstić information content (AvgIpc) is 2.90. The van der Waals surface area contributed by atoms with Crippen molar-refractivity contribution in [3.8, 4) is 11.1 Å². The Hall–Kier alpha value is -1.66. The molecule has 0 bridgehead atoms. The lowest BCUT2D eigenvalue weighted by molar-refractivity contribution is 0.0134. The van der Waals surface area contributed by atoms with Crippen molar-refractivity contribution in [3.05, 3.63) is 24.5 Å². The number of ether oxygens (including phenoxy) is 1. The molecule has 2 aromatic heterocycles. The normalized spacial score (nSPS) is 18.6. The van der Waals surface area contributed by atoms with Crippen LogP contribution in [0, 0.1) is 0 Å². The monoisotopic (exact) mass is 304 g/mol. The van der Waals surface area contributed by atoms with Crippen LogP contribution in [0.3, 0.4) is 0 Å². The van der Waals surface area contributed by atoms with Crippen LogP contribution in [0.2, 0.25) is 0 Å². The van der Waals surface area contributed by atoms with Gasteiger partial charge in [0.2, 0.25) is 0 Å². The van der Waals surface area contributed by atoms with E-state index in [1.165, 1.54) is 30.8 Å². The number of aromatic nitrogens is 2. The summed E-state index contributed by atoms with van der Waals surface area (Å²) in [7, 11) is 0. The molecular formula is C15H20N4OS. The van der Waals surface area contributed by atoms with Crippen molar-refractivity contribution in [1.29, 1.82) is 0 Å². The van der Waals surface area contributed by atoms with Crippen molar-refractivity contribution < 1.29 is 4.74 Å². The van der Waals surface area contributed by atoms with Crippen LogP contribution in [0.5, 0.6) is 0 Å². The van der Waals surface area contributed by atoms with Gasteiger partial charge in [0.15, 0.2) is 0 Å². The molecule has 3 rings (SSSR count). The Kier molecular flexibility index (Phi) is 4.67. The molecule has 0 aromatic carbocycles. The second kappa shape index (κ2) is 6.87. The lowest BCUT2D eigenvalue weighted by Gasteiger charge is -2.22. The van der Waals surface area contributed by atoms with E-state index in [1.54, 1.807) is 12.4 Å². The molecule has 6 heteroatoms. The SMILES string of the molecule is Nc1nsc(NCCC2CCCCO2)c1-c1ccncc1. The van der Waals surface area contributed by atoms with Crippen molar-refractivity contribution in [2.45, 2.75) is 31.8 Å². The first-order valence-corrected chi connectivity index (χ1v) is 8.13. The standard InChI is InChI=1S/C15H20N4OS/c16-14-13(11-4-7-17-8-5-11)15(21-19-14)18-9-6-12-3-1-2-10-20-12/h4-5,7-8,12,18H,1-3,6,9-10H2,(H2,16,19). The van der Waals surface area contributed by atoms with Gasteiger partial charge in [-0.2, -0.15) is 4.37 Å². The van der Waals surface area contributed by atoms with Gasteiger partial charge >= 0.3 is 0 Å². The zero-order valence-electron chi connectivity index (χ0n) is 11.9. The third-order valence-corrected chi connectivity index (χ3v) is 4.53. The van der Waals surface area contributed by atoms with Gasteiger partial charge in [-0.25, -0.2) is 0 Å². The molecule has 1 aliphatic rings. The van der Waals surface area contributed by atoms with Crippen LogP contribution in [0.1, 0.15) is 25.7 Å². The molecule has 2 aromatic rings. The molecular weight excluding hydrogens is 284 g/mol. The lowest BCUT2D eigenvalue weighted by Crippen LogP contribution is -2.21. The number of nitrogens with two attached hydrogens (primary N) is 1. The van der Waals surface area contributed by atoms with Crippen LogP contribution in [-0.4, -0.2) is 28.6 Å². The van der Waals surface area contributed by atoms with Gasteiger partial charge in [-0.05, 0) is 54.9 Å². The van der Waals surface area contributed by atoms with E-state index in [1.807, 2.05) is 12.1 Å². The molecule has 5 nitrogen and oxygen atoms in total. The van der Waals surface area contributed by atoms with E-state index in [4.69, 9.17) is 10.5 Å². The fourth-order valence-corrected chi connectivity index (χ4v) is 3.36. The molecule has 21 heavy (non-hydrogen) atoms. The van der Waals surface area contributed by atoms with Gasteiger partial charge in [-0.3, -0.25) is 4.98 Å². The highest BCUT2D eigenvalue weighted by molar-refractivity contribution is 7.11. The summed E-state index contributed by atoms with van der Waals surface area (Å²) in [6.07, 6.45) is 8.60. The van der Waals surface area contributed by atoms with Crippen molar-refractivity contribution >= 4 is 22.4 Å². The Bertz CT molecular complexity index is 566. The van der Waals surface area contributed by atoms with Crippen molar-refractivity contribution in [2.24, 2.45) is 0 Å². The molecule has 1 aliphatic heterocycles. The first-order valence-electron chi connectivity index (χ1n) is 7.35. The van der Waals surface area contributed by atoms with Crippen molar-refractivity contribution in [1.82, 2.24) is 9.36 Å². The van der Waals surface area contributed by atoms with Crippen molar-refractivity contribution in [2.75, 3.05) is 24.2 Å². The number of nitrogens with one attached hydrogen (secondary N) is 1. The van der Waals surface area contributed by atoms with E-state index < -0.39 is 0 Å². The zero-order valence-corrected chi connectivity index (χ0v) is 12.7. The van der Waals surface area contributed by atoms with Gasteiger partial charge in [0.05, 0.1) is 11.7 Å². The van der Waals surface area contributed by atoms with E-state index in [2.05, 4.69) is 14.7 Å². The molecule has 112 valence electrons. The second-order valence-electron chi connectivity index (χ2n) is 5.21. The number of hydrogen-bond acceptors (Lipinski definition) is 6. The van der Waals surface area contributed by atoms with Gasteiger partial charge in [0, 0.05) is 25.5 Å². The van der Waals surface area contributed by atoms with Gasteiger partial charge < -0.3 is 15.8 Å². The molecule has 1 fully saturated rings. The average molecular weight is 304 g/mol. The molecule has 1 unspecified atom stereocenters. The molecule has 1 saturated heterocycles. The molecule has 0 aliphatic carbocycles. The highest BCUT2D eigenvalue weighted by atomic mass is 32.1. The molecule has 3 N–H and O–H groups in total. The molecule has 0 radical (unpaired) electrons. The summed E-state index contributed by atoms with van der Waals surface area (Å²) in [5, 5.41) is 4.48. The lowest BCUT2D eigenvalue weighted by atomic mass is 10.1. The van der Waals surface area contributed by atoms with Crippen molar-refractivity contribution in [3.63, 3.8) is 0 Å². The fraction of sp³-hybridized carbons (Fsp3) is 0.467. The third kappa shape index (κ3) is 3.51. The van der Waals surface area contributed by atoms with E-state index in [9.17, 15) is 0 Å². The molecule has 1 atom stereocenters. The zero-order chi connectivity index (χ0) is 14.5. The van der Waals surface area contributed by atoms with Crippen LogP contribution in [0.4, 0.5) is 10.8 Å². The maximum Gasteiger partial charge on any atom is 0.147 e. The number of pyridine rings is 1. The Morgan fingerprint density at radius 2 is 2.19 bits per heavy atom. The third-order valence-electron chi connectivity index (χ3n) is 3.71. The van der Waals surface area contributed by atoms with Gasteiger partial charge in [-0.15, -0.1) is 0 Å². The number of hydrogen-bond donors (Lipinski definition) is 2. The summed E-state index contributed by atoms with van der Waals surface area (Å²) in [4.78, 5) is 4.04. The molecule has 0 spiro atoms. The quantitative estimate of drug-likeness (QED) is 0.887.